The molecule has 2 fully saturated rings. The van der Waals surface area contributed by atoms with Crippen molar-refractivity contribution >= 4 is 11.5 Å². The number of aliphatic hydroxyl groups excluding tert-OH is 1. The molecule has 7 nitrogen and oxygen atoms in total. The molecule has 1 saturated heterocycles. The van der Waals surface area contributed by atoms with Crippen molar-refractivity contribution in [2.24, 2.45) is 0 Å². The van der Waals surface area contributed by atoms with Gasteiger partial charge in [-0.05, 0) is 55.9 Å². The monoisotopic (exact) mass is 499 g/mol. The molecule has 0 bridgehead atoms. The predicted octanol–water partition coefficient (Wildman–Crippen LogP) is 4.70. The molecule has 2 aliphatic rings. The van der Waals surface area contributed by atoms with Crippen LogP contribution in [0.15, 0.2) is 36.5 Å². The summed E-state index contributed by atoms with van der Waals surface area (Å²) in [5, 5.41) is 18.2. The van der Waals surface area contributed by atoms with Gasteiger partial charge in [0.15, 0.2) is 0 Å². The van der Waals surface area contributed by atoms with E-state index in [1.54, 1.807) is 7.11 Å². The fourth-order valence-electron chi connectivity index (χ4n) is 5.52. The number of methoxy groups -OCH3 is 1. The Labute approximate surface area is 210 Å². The molecule has 0 amide bonds. The maximum atomic E-state index is 13.7. The third-order valence-electron chi connectivity index (χ3n) is 7.34. The summed E-state index contributed by atoms with van der Waals surface area (Å²) in [6.45, 7) is 3.29. The number of nitrogens with one attached hydrogen (secondary N) is 1. The maximum Gasteiger partial charge on any atom is 0.261 e. The van der Waals surface area contributed by atoms with Crippen molar-refractivity contribution < 1.29 is 18.6 Å². The van der Waals surface area contributed by atoms with E-state index in [-0.39, 0.29) is 25.1 Å². The van der Waals surface area contributed by atoms with Gasteiger partial charge in [0, 0.05) is 49.8 Å². The van der Waals surface area contributed by atoms with Crippen molar-refractivity contribution in [3.8, 4) is 11.1 Å². The number of rotatable bonds is 8. The maximum absolute atomic E-state index is 13.7. The smallest absolute Gasteiger partial charge is 0.261 e. The molecule has 1 atom stereocenters. The molecule has 3 heterocycles. The average Bonchev–Trinajstić information content (AvgIpc) is 3.39. The van der Waals surface area contributed by atoms with Crippen LogP contribution in [-0.4, -0.2) is 69.5 Å². The number of ether oxygens (including phenoxy) is 1. The molecule has 2 aromatic heterocycles. The normalized spacial score (nSPS) is 23.2. The number of hydrogen-bond donors (Lipinski definition) is 2. The number of hydrogen-bond acceptors (Lipinski definition) is 6. The van der Waals surface area contributed by atoms with Gasteiger partial charge in [0.25, 0.3) is 5.92 Å². The minimum Gasteiger partial charge on any atom is -0.393 e. The van der Waals surface area contributed by atoms with Crippen LogP contribution in [0.3, 0.4) is 0 Å². The SMILES string of the molecule is COC[C@H](C)Nc1ncc2c(-c3cccc(CN4CCC(F)(F)C4)c3)cc([C@H]3CC[C@H](O)CC3)n2n1. The fourth-order valence-corrected chi connectivity index (χ4v) is 5.52. The zero-order valence-corrected chi connectivity index (χ0v) is 21.0. The van der Waals surface area contributed by atoms with E-state index >= 15 is 0 Å². The van der Waals surface area contributed by atoms with Gasteiger partial charge in [-0.2, -0.15) is 0 Å². The lowest BCUT2D eigenvalue weighted by atomic mass is 9.85. The first-order valence-electron chi connectivity index (χ1n) is 12.8. The molecular weight excluding hydrogens is 464 g/mol. The summed E-state index contributed by atoms with van der Waals surface area (Å²) in [7, 11) is 1.67. The van der Waals surface area contributed by atoms with E-state index in [0.717, 1.165) is 53.6 Å². The van der Waals surface area contributed by atoms with Crippen molar-refractivity contribution in [1.82, 2.24) is 19.5 Å². The lowest BCUT2D eigenvalue weighted by Crippen LogP contribution is -2.24. The molecule has 36 heavy (non-hydrogen) atoms. The Balaban J connectivity index is 1.48. The van der Waals surface area contributed by atoms with Crippen molar-refractivity contribution in [2.45, 2.75) is 69.6 Å². The van der Waals surface area contributed by atoms with Gasteiger partial charge in [0.1, 0.15) is 0 Å². The molecule has 0 radical (unpaired) electrons. The van der Waals surface area contributed by atoms with Crippen LogP contribution in [0.2, 0.25) is 0 Å². The number of aromatic nitrogens is 3. The Kier molecular flexibility index (Phi) is 7.23. The quantitative estimate of drug-likeness (QED) is 0.468. The van der Waals surface area contributed by atoms with E-state index < -0.39 is 5.92 Å². The van der Waals surface area contributed by atoms with Gasteiger partial charge in [-0.15, -0.1) is 5.10 Å². The van der Waals surface area contributed by atoms with E-state index in [9.17, 15) is 13.9 Å². The molecule has 1 saturated carbocycles. The van der Waals surface area contributed by atoms with Crippen molar-refractivity contribution in [3.63, 3.8) is 0 Å². The van der Waals surface area contributed by atoms with Gasteiger partial charge in [0.2, 0.25) is 5.95 Å². The molecule has 0 unspecified atom stereocenters. The van der Waals surface area contributed by atoms with Crippen LogP contribution < -0.4 is 5.32 Å². The van der Waals surface area contributed by atoms with Gasteiger partial charge in [0.05, 0.1) is 31.0 Å². The van der Waals surface area contributed by atoms with Crippen molar-refractivity contribution in [1.29, 1.82) is 0 Å². The number of benzene rings is 1. The summed E-state index contributed by atoms with van der Waals surface area (Å²) in [5.74, 6) is -1.76. The van der Waals surface area contributed by atoms with Crippen LogP contribution in [0, 0.1) is 0 Å². The minimum absolute atomic E-state index is 0.0606. The highest BCUT2D eigenvalue weighted by Crippen LogP contribution is 2.38. The Bertz CT molecular complexity index is 1190. The Morgan fingerprint density at radius 2 is 2.03 bits per heavy atom. The lowest BCUT2D eigenvalue weighted by Gasteiger charge is -2.25. The van der Waals surface area contributed by atoms with E-state index in [4.69, 9.17) is 9.84 Å². The van der Waals surface area contributed by atoms with Gasteiger partial charge in [-0.3, -0.25) is 4.90 Å². The third kappa shape index (κ3) is 5.53. The van der Waals surface area contributed by atoms with Crippen molar-refractivity contribution in [3.05, 3.63) is 47.8 Å². The van der Waals surface area contributed by atoms with E-state index in [0.29, 0.717) is 31.6 Å². The zero-order valence-electron chi connectivity index (χ0n) is 21.0. The molecule has 3 aromatic rings. The first kappa shape index (κ1) is 25.0. The van der Waals surface area contributed by atoms with Crippen LogP contribution in [0.25, 0.3) is 16.6 Å². The number of alkyl halides is 2. The number of likely N-dealkylation sites (tertiary alicyclic amines) is 1. The number of fused-ring (bicyclic) bond motifs is 1. The Morgan fingerprint density at radius 3 is 2.75 bits per heavy atom. The van der Waals surface area contributed by atoms with Crippen LogP contribution in [0.1, 0.15) is 56.2 Å². The summed E-state index contributed by atoms with van der Waals surface area (Å²) in [6.07, 6.45) is 4.91. The molecule has 0 spiro atoms. The number of halogens is 2. The largest absolute Gasteiger partial charge is 0.393 e. The summed E-state index contributed by atoms with van der Waals surface area (Å²) in [4.78, 5) is 6.39. The number of anilines is 1. The molecule has 1 aliphatic heterocycles. The summed E-state index contributed by atoms with van der Waals surface area (Å²) in [6, 6.07) is 10.4. The predicted molar refractivity (Wildman–Crippen MR) is 135 cm³/mol. The summed E-state index contributed by atoms with van der Waals surface area (Å²) in [5.41, 5.74) is 5.09. The lowest BCUT2D eigenvalue weighted by molar-refractivity contribution is 0.0115. The molecule has 2 N–H and O–H groups in total. The molecule has 9 heteroatoms. The van der Waals surface area contributed by atoms with E-state index in [1.807, 2.05) is 34.7 Å². The highest BCUT2D eigenvalue weighted by Gasteiger charge is 2.38. The fraction of sp³-hybridized carbons (Fsp3) is 0.556. The minimum atomic E-state index is -2.59. The molecule has 1 aliphatic carbocycles. The summed E-state index contributed by atoms with van der Waals surface area (Å²) < 4.78 is 34.6. The van der Waals surface area contributed by atoms with Gasteiger partial charge >= 0.3 is 0 Å². The van der Waals surface area contributed by atoms with Gasteiger partial charge in [-0.1, -0.05) is 18.2 Å². The second-order valence-electron chi connectivity index (χ2n) is 10.4. The molecule has 1 aromatic carbocycles. The van der Waals surface area contributed by atoms with Crippen LogP contribution in [0.4, 0.5) is 14.7 Å². The number of aliphatic hydroxyl groups is 1. The second-order valence-corrected chi connectivity index (χ2v) is 10.4. The van der Waals surface area contributed by atoms with Crippen molar-refractivity contribution in [2.75, 3.05) is 32.1 Å². The highest BCUT2D eigenvalue weighted by molar-refractivity contribution is 5.82. The first-order chi connectivity index (χ1) is 17.3. The Morgan fingerprint density at radius 1 is 1.22 bits per heavy atom. The standard InChI is InChI=1S/C27H35F2N5O2/c1-18(16-36-2)31-26-30-14-25-23(13-24(34(25)32-26)20-6-8-22(35)9-7-20)21-5-3-4-19(12-21)15-33-11-10-27(28,29)17-33/h3-5,12-14,18,20,22,35H,6-11,15-17H2,1-2H3,(H,31,32)/t18-,20-,22-/m0/s1. The van der Waals surface area contributed by atoms with E-state index in [1.165, 1.54) is 0 Å². The molecule has 5 rings (SSSR count). The van der Waals surface area contributed by atoms with Gasteiger partial charge < -0.3 is 15.2 Å². The third-order valence-corrected chi connectivity index (χ3v) is 7.34. The van der Waals surface area contributed by atoms with E-state index in [2.05, 4.69) is 28.5 Å². The molecule has 194 valence electrons. The zero-order chi connectivity index (χ0) is 25.3. The molecular formula is C27H35F2N5O2. The van der Waals surface area contributed by atoms with Crippen LogP contribution in [0.5, 0.6) is 0 Å². The van der Waals surface area contributed by atoms with Crippen LogP contribution in [-0.2, 0) is 11.3 Å². The topological polar surface area (TPSA) is 74.9 Å². The van der Waals surface area contributed by atoms with Gasteiger partial charge in [-0.25, -0.2) is 18.3 Å². The highest BCUT2D eigenvalue weighted by atomic mass is 19.3. The second kappa shape index (κ2) is 10.4. The van der Waals surface area contributed by atoms with Crippen LogP contribution >= 0.6 is 0 Å². The Hall–Kier alpha value is -2.62. The number of nitrogens with zero attached hydrogens (tertiary/aromatic N) is 4. The first-order valence-corrected chi connectivity index (χ1v) is 12.8. The summed E-state index contributed by atoms with van der Waals surface area (Å²) >= 11 is 0. The average molecular weight is 500 g/mol.